The number of rotatable bonds is 9. The minimum absolute atomic E-state index is 0.103. The number of unbranched alkanes of at least 4 members (excludes halogenated alkanes) is 1. The molecule has 2 saturated heterocycles. The average Bonchev–Trinajstić information content (AvgIpc) is 2.83. The van der Waals surface area contributed by atoms with Crippen LogP contribution in [-0.4, -0.2) is 80.8 Å². The van der Waals surface area contributed by atoms with Gasteiger partial charge in [0.1, 0.15) is 0 Å². The molecule has 0 aromatic heterocycles. The number of likely N-dealkylation sites (tertiary alicyclic amines) is 1. The summed E-state index contributed by atoms with van der Waals surface area (Å²) in [4.78, 5) is 28.0. The van der Waals surface area contributed by atoms with Gasteiger partial charge in [0.05, 0.1) is 13.2 Å². The lowest BCUT2D eigenvalue weighted by Crippen LogP contribution is -2.39. The van der Waals surface area contributed by atoms with Crippen LogP contribution >= 0.6 is 0 Å². The number of hydrogen-bond donors (Lipinski definition) is 2. The van der Waals surface area contributed by atoms with E-state index >= 15 is 0 Å². The van der Waals surface area contributed by atoms with Crippen LogP contribution in [0.15, 0.2) is 0 Å². The summed E-state index contributed by atoms with van der Waals surface area (Å²) in [6, 6.07) is -0.103. The standard InChI is InChI=1S/C18H34N4O3/c23-17-7-2-1-4-11-22(17)12-6-9-20-18(24)19-8-3-5-10-21-13-15-25-16-14-21/h1-16H2,(H2,19,20,24). The lowest BCUT2D eigenvalue weighted by atomic mass is 10.2. The van der Waals surface area contributed by atoms with Gasteiger partial charge in [-0.25, -0.2) is 4.79 Å². The van der Waals surface area contributed by atoms with E-state index < -0.39 is 0 Å². The van der Waals surface area contributed by atoms with Gasteiger partial charge in [-0.15, -0.1) is 0 Å². The summed E-state index contributed by atoms with van der Waals surface area (Å²) in [5.74, 6) is 0.266. The highest BCUT2D eigenvalue weighted by molar-refractivity contribution is 5.76. The number of morpholine rings is 1. The topological polar surface area (TPSA) is 73.9 Å². The molecule has 0 spiro atoms. The molecule has 0 saturated carbocycles. The Morgan fingerprint density at radius 2 is 1.68 bits per heavy atom. The highest BCUT2D eigenvalue weighted by Gasteiger charge is 2.15. The van der Waals surface area contributed by atoms with Crippen molar-refractivity contribution >= 4 is 11.9 Å². The third-order valence-corrected chi connectivity index (χ3v) is 4.85. The lowest BCUT2D eigenvalue weighted by molar-refractivity contribution is -0.130. The highest BCUT2D eigenvalue weighted by atomic mass is 16.5. The number of carbonyl (C=O) groups excluding carboxylic acids is 2. The number of amides is 3. The normalized spacial score (nSPS) is 19.5. The molecular formula is C18H34N4O3. The molecule has 2 rings (SSSR count). The van der Waals surface area contributed by atoms with E-state index in [4.69, 9.17) is 4.74 Å². The van der Waals surface area contributed by atoms with Gasteiger partial charge in [-0.05, 0) is 38.6 Å². The van der Waals surface area contributed by atoms with Crippen LogP contribution in [0.1, 0.15) is 44.9 Å². The highest BCUT2D eigenvalue weighted by Crippen LogP contribution is 2.11. The zero-order valence-corrected chi connectivity index (χ0v) is 15.4. The molecule has 7 heteroatoms. The van der Waals surface area contributed by atoms with E-state index in [1.807, 2.05) is 4.90 Å². The molecule has 0 radical (unpaired) electrons. The van der Waals surface area contributed by atoms with Gasteiger partial charge in [0, 0.05) is 45.7 Å². The van der Waals surface area contributed by atoms with Gasteiger partial charge in [0.25, 0.3) is 0 Å². The van der Waals surface area contributed by atoms with Gasteiger partial charge in [-0.1, -0.05) is 6.42 Å². The molecule has 2 fully saturated rings. The second kappa shape index (κ2) is 12.1. The van der Waals surface area contributed by atoms with Crippen molar-refractivity contribution < 1.29 is 14.3 Å². The van der Waals surface area contributed by atoms with Crippen molar-refractivity contribution in [3.8, 4) is 0 Å². The van der Waals surface area contributed by atoms with Crippen molar-refractivity contribution in [1.82, 2.24) is 20.4 Å². The first kappa shape index (κ1) is 20.0. The van der Waals surface area contributed by atoms with Crippen molar-refractivity contribution in [2.75, 3.05) is 59.0 Å². The number of nitrogens with zero attached hydrogens (tertiary/aromatic N) is 2. The lowest BCUT2D eigenvalue weighted by Gasteiger charge is -2.26. The van der Waals surface area contributed by atoms with E-state index in [9.17, 15) is 9.59 Å². The van der Waals surface area contributed by atoms with E-state index in [0.717, 1.165) is 84.5 Å². The summed E-state index contributed by atoms with van der Waals surface area (Å²) in [6.45, 7) is 7.74. The minimum atomic E-state index is -0.103. The largest absolute Gasteiger partial charge is 0.379 e. The van der Waals surface area contributed by atoms with Gasteiger partial charge in [-0.2, -0.15) is 0 Å². The molecule has 0 aromatic carbocycles. The van der Waals surface area contributed by atoms with Gasteiger partial charge in [0.15, 0.2) is 0 Å². The van der Waals surface area contributed by atoms with Crippen molar-refractivity contribution in [2.24, 2.45) is 0 Å². The second-order valence-electron chi connectivity index (χ2n) is 6.89. The molecule has 25 heavy (non-hydrogen) atoms. The Bertz CT molecular complexity index is 400. The van der Waals surface area contributed by atoms with Crippen LogP contribution in [0.3, 0.4) is 0 Å². The fourth-order valence-corrected chi connectivity index (χ4v) is 3.30. The Balaban J connectivity index is 1.42. The molecule has 0 aliphatic carbocycles. The van der Waals surface area contributed by atoms with Crippen LogP contribution in [0, 0.1) is 0 Å². The summed E-state index contributed by atoms with van der Waals surface area (Å²) < 4.78 is 5.33. The van der Waals surface area contributed by atoms with Crippen LogP contribution in [-0.2, 0) is 9.53 Å². The maximum Gasteiger partial charge on any atom is 0.314 e. The van der Waals surface area contributed by atoms with Crippen LogP contribution < -0.4 is 10.6 Å². The number of ether oxygens (including phenoxy) is 1. The zero-order valence-electron chi connectivity index (χ0n) is 15.4. The Labute approximate surface area is 151 Å². The van der Waals surface area contributed by atoms with Gasteiger partial charge in [0.2, 0.25) is 5.91 Å². The first-order valence-corrected chi connectivity index (χ1v) is 9.85. The van der Waals surface area contributed by atoms with Crippen LogP contribution in [0.2, 0.25) is 0 Å². The Hall–Kier alpha value is -1.34. The SMILES string of the molecule is O=C(NCCCCN1CCOCC1)NCCCN1CCCCCC1=O. The first-order valence-electron chi connectivity index (χ1n) is 9.85. The molecule has 0 bridgehead atoms. The van der Waals surface area contributed by atoms with E-state index in [0.29, 0.717) is 19.5 Å². The third kappa shape index (κ3) is 8.54. The van der Waals surface area contributed by atoms with E-state index in [1.165, 1.54) is 0 Å². The monoisotopic (exact) mass is 354 g/mol. The smallest absolute Gasteiger partial charge is 0.314 e. The summed E-state index contributed by atoms with van der Waals surface area (Å²) in [7, 11) is 0. The maximum atomic E-state index is 11.9. The summed E-state index contributed by atoms with van der Waals surface area (Å²) in [6.07, 6.45) is 6.85. The number of carbonyl (C=O) groups is 2. The molecule has 7 nitrogen and oxygen atoms in total. The molecular weight excluding hydrogens is 320 g/mol. The molecule has 0 unspecified atom stereocenters. The number of urea groups is 1. The second-order valence-corrected chi connectivity index (χ2v) is 6.89. The van der Waals surface area contributed by atoms with Gasteiger partial charge in [-0.3, -0.25) is 9.69 Å². The zero-order chi connectivity index (χ0) is 17.7. The van der Waals surface area contributed by atoms with Crippen LogP contribution in [0.5, 0.6) is 0 Å². The van der Waals surface area contributed by atoms with E-state index in [2.05, 4.69) is 15.5 Å². The molecule has 144 valence electrons. The Kier molecular flexibility index (Phi) is 9.66. The van der Waals surface area contributed by atoms with Crippen molar-refractivity contribution in [1.29, 1.82) is 0 Å². The molecule has 2 aliphatic heterocycles. The van der Waals surface area contributed by atoms with Crippen molar-refractivity contribution in [3.05, 3.63) is 0 Å². The Morgan fingerprint density at radius 3 is 2.48 bits per heavy atom. The number of nitrogens with one attached hydrogen (secondary N) is 2. The summed E-state index contributed by atoms with van der Waals surface area (Å²) >= 11 is 0. The Morgan fingerprint density at radius 1 is 0.920 bits per heavy atom. The molecule has 0 atom stereocenters. The van der Waals surface area contributed by atoms with Crippen molar-refractivity contribution in [3.63, 3.8) is 0 Å². The molecule has 0 aromatic rings. The quantitative estimate of drug-likeness (QED) is 0.610. The van der Waals surface area contributed by atoms with Gasteiger partial charge >= 0.3 is 6.03 Å². The fourth-order valence-electron chi connectivity index (χ4n) is 3.30. The number of hydrogen-bond acceptors (Lipinski definition) is 4. The minimum Gasteiger partial charge on any atom is -0.379 e. The molecule has 2 N–H and O–H groups in total. The van der Waals surface area contributed by atoms with Crippen molar-refractivity contribution in [2.45, 2.75) is 44.9 Å². The first-order chi connectivity index (χ1) is 12.3. The predicted molar refractivity (Wildman–Crippen MR) is 97.6 cm³/mol. The van der Waals surface area contributed by atoms with Crippen LogP contribution in [0.4, 0.5) is 4.79 Å². The molecule has 2 heterocycles. The molecule has 2 aliphatic rings. The third-order valence-electron chi connectivity index (χ3n) is 4.85. The summed E-state index contributed by atoms with van der Waals surface area (Å²) in [5.41, 5.74) is 0. The van der Waals surface area contributed by atoms with E-state index in [1.54, 1.807) is 0 Å². The average molecular weight is 354 g/mol. The molecule has 3 amide bonds. The van der Waals surface area contributed by atoms with Gasteiger partial charge < -0.3 is 20.3 Å². The maximum absolute atomic E-state index is 11.9. The predicted octanol–water partition coefficient (Wildman–Crippen LogP) is 1.19. The van der Waals surface area contributed by atoms with E-state index in [-0.39, 0.29) is 11.9 Å². The fraction of sp³-hybridized carbons (Fsp3) is 0.889. The van der Waals surface area contributed by atoms with Crippen LogP contribution in [0.25, 0.3) is 0 Å². The summed E-state index contributed by atoms with van der Waals surface area (Å²) in [5, 5.41) is 5.78.